The van der Waals surface area contributed by atoms with Crippen LogP contribution in [-0.4, -0.2) is 32.7 Å². The lowest BCUT2D eigenvalue weighted by molar-refractivity contribution is 0.394. The number of ether oxygens (including phenoxy) is 1. The summed E-state index contributed by atoms with van der Waals surface area (Å²) in [5, 5.41) is 0.956. The standard InChI is InChI=1S/C9H17N3OS/c1-6(5-10)7-8(13-4)11-9(14-7)12(2)3/h6H,5,10H2,1-4H3. The number of aromatic nitrogens is 1. The van der Waals surface area contributed by atoms with Crippen molar-refractivity contribution >= 4 is 16.5 Å². The topological polar surface area (TPSA) is 51.4 Å². The second-order valence-electron chi connectivity index (χ2n) is 3.40. The van der Waals surface area contributed by atoms with E-state index in [-0.39, 0.29) is 0 Å². The minimum absolute atomic E-state index is 0.302. The van der Waals surface area contributed by atoms with Crippen LogP contribution in [0.4, 0.5) is 5.13 Å². The molecule has 0 saturated carbocycles. The van der Waals surface area contributed by atoms with E-state index in [0.29, 0.717) is 18.3 Å². The van der Waals surface area contributed by atoms with Crippen molar-refractivity contribution in [3.8, 4) is 5.88 Å². The van der Waals surface area contributed by atoms with Crippen LogP contribution in [0, 0.1) is 0 Å². The molecule has 0 aliphatic rings. The summed E-state index contributed by atoms with van der Waals surface area (Å²) in [4.78, 5) is 7.46. The van der Waals surface area contributed by atoms with Crippen molar-refractivity contribution in [3.05, 3.63) is 4.88 Å². The molecular weight excluding hydrogens is 198 g/mol. The van der Waals surface area contributed by atoms with Crippen molar-refractivity contribution in [2.45, 2.75) is 12.8 Å². The van der Waals surface area contributed by atoms with Gasteiger partial charge in [0, 0.05) is 20.0 Å². The molecule has 80 valence electrons. The Kier molecular flexibility index (Phi) is 3.71. The molecule has 0 amide bonds. The van der Waals surface area contributed by atoms with Gasteiger partial charge >= 0.3 is 0 Å². The lowest BCUT2D eigenvalue weighted by Gasteiger charge is -2.06. The lowest BCUT2D eigenvalue weighted by atomic mass is 10.1. The van der Waals surface area contributed by atoms with Gasteiger partial charge in [-0.25, -0.2) is 0 Å². The highest BCUT2D eigenvalue weighted by molar-refractivity contribution is 7.16. The van der Waals surface area contributed by atoms with Crippen LogP contribution in [0.3, 0.4) is 0 Å². The zero-order valence-corrected chi connectivity index (χ0v) is 9.89. The number of anilines is 1. The molecule has 1 rings (SSSR count). The fourth-order valence-corrected chi connectivity index (χ4v) is 2.08. The SMILES string of the molecule is COc1nc(N(C)C)sc1C(C)CN. The van der Waals surface area contributed by atoms with Crippen molar-refractivity contribution in [1.82, 2.24) is 4.98 Å². The molecule has 1 heterocycles. The summed E-state index contributed by atoms with van der Waals surface area (Å²) < 4.78 is 5.22. The summed E-state index contributed by atoms with van der Waals surface area (Å²) in [6, 6.07) is 0. The molecule has 4 nitrogen and oxygen atoms in total. The highest BCUT2D eigenvalue weighted by Gasteiger charge is 2.17. The van der Waals surface area contributed by atoms with Gasteiger partial charge in [-0.05, 0) is 6.54 Å². The third kappa shape index (κ3) is 2.16. The molecule has 1 aromatic heterocycles. The first kappa shape index (κ1) is 11.3. The first-order chi connectivity index (χ1) is 6.60. The van der Waals surface area contributed by atoms with Crippen LogP contribution in [0.15, 0.2) is 0 Å². The summed E-state index contributed by atoms with van der Waals surface area (Å²) in [6.45, 7) is 2.70. The van der Waals surface area contributed by atoms with Crippen LogP contribution in [0.2, 0.25) is 0 Å². The normalized spacial score (nSPS) is 12.6. The van der Waals surface area contributed by atoms with Crippen molar-refractivity contribution < 1.29 is 4.74 Å². The second kappa shape index (κ2) is 4.61. The van der Waals surface area contributed by atoms with Gasteiger partial charge in [-0.15, -0.1) is 0 Å². The van der Waals surface area contributed by atoms with Gasteiger partial charge in [-0.2, -0.15) is 4.98 Å². The fraction of sp³-hybridized carbons (Fsp3) is 0.667. The summed E-state index contributed by atoms with van der Waals surface area (Å²) in [6.07, 6.45) is 0. The molecule has 0 aliphatic heterocycles. The van der Waals surface area contributed by atoms with Gasteiger partial charge in [0.15, 0.2) is 5.13 Å². The molecule has 0 aliphatic carbocycles. The molecular formula is C9H17N3OS. The van der Waals surface area contributed by atoms with E-state index >= 15 is 0 Å². The molecule has 0 saturated heterocycles. The molecule has 2 N–H and O–H groups in total. The Bertz CT molecular complexity index is 298. The van der Waals surface area contributed by atoms with E-state index in [4.69, 9.17) is 10.5 Å². The van der Waals surface area contributed by atoms with Crippen LogP contribution in [-0.2, 0) is 0 Å². The molecule has 14 heavy (non-hydrogen) atoms. The fourth-order valence-electron chi connectivity index (χ4n) is 1.06. The van der Waals surface area contributed by atoms with Crippen molar-refractivity contribution in [1.29, 1.82) is 0 Å². The molecule has 0 radical (unpaired) electrons. The van der Waals surface area contributed by atoms with E-state index in [1.54, 1.807) is 18.4 Å². The number of thiazole rings is 1. The smallest absolute Gasteiger partial charge is 0.229 e. The van der Waals surface area contributed by atoms with E-state index in [1.807, 2.05) is 19.0 Å². The second-order valence-corrected chi connectivity index (χ2v) is 4.41. The van der Waals surface area contributed by atoms with Gasteiger partial charge in [0.2, 0.25) is 5.88 Å². The highest BCUT2D eigenvalue weighted by atomic mass is 32.1. The first-order valence-corrected chi connectivity index (χ1v) is 5.33. The summed E-state index contributed by atoms with van der Waals surface area (Å²) in [5.41, 5.74) is 5.62. The maximum absolute atomic E-state index is 5.62. The lowest BCUT2D eigenvalue weighted by Crippen LogP contribution is -2.08. The maximum atomic E-state index is 5.62. The number of nitrogens with zero attached hydrogens (tertiary/aromatic N) is 2. The average molecular weight is 215 g/mol. The van der Waals surface area contributed by atoms with E-state index in [0.717, 1.165) is 10.0 Å². The zero-order valence-electron chi connectivity index (χ0n) is 9.07. The Hall–Kier alpha value is -0.810. The van der Waals surface area contributed by atoms with Crippen molar-refractivity contribution in [2.75, 3.05) is 32.6 Å². The minimum atomic E-state index is 0.302. The molecule has 0 fully saturated rings. The number of hydrogen-bond donors (Lipinski definition) is 1. The van der Waals surface area contributed by atoms with E-state index in [1.165, 1.54) is 0 Å². The Morgan fingerprint density at radius 2 is 2.21 bits per heavy atom. The van der Waals surface area contributed by atoms with Gasteiger partial charge in [-0.3, -0.25) is 0 Å². The summed E-state index contributed by atoms with van der Waals surface area (Å²) in [7, 11) is 5.57. The van der Waals surface area contributed by atoms with Crippen molar-refractivity contribution in [2.24, 2.45) is 5.73 Å². The first-order valence-electron chi connectivity index (χ1n) is 4.52. The third-order valence-corrected chi connectivity index (χ3v) is 3.42. The zero-order chi connectivity index (χ0) is 10.7. The monoisotopic (exact) mass is 215 g/mol. The molecule has 0 spiro atoms. The van der Waals surface area contributed by atoms with Crippen LogP contribution in [0.5, 0.6) is 5.88 Å². The molecule has 1 atom stereocenters. The average Bonchev–Trinajstić information content (AvgIpc) is 2.60. The van der Waals surface area contributed by atoms with Crippen LogP contribution in [0.1, 0.15) is 17.7 Å². The third-order valence-electron chi connectivity index (χ3n) is 1.99. The predicted molar refractivity (Wildman–Crippen MR) is 60.5 cm³/mol. The number of nitrogens with two attached hydrogens (primary N) is 1. The molecule has 1 unspecified atom stereocenters. The largest absolute Gasteiger partial charge is 0.480 e. The van der Waals surface area contributed by atoms with Crippen LogP contribution >= 0.6 is 11.3 Å². The summed E-state index contributed by atoms with van der Waals surface area (Å²) >= 11 is 1.63. The maximum Gasteiger partial charge on any atom is 0.229 e. The quantitative estimate of drug-likeness (QED) is 0.822. The van der Waals surface area contributed by atoms with Crippen LogP contribution < -0.4 is 15.4 Å². The van der Waals surface area contributed by atoms with Gasteiger partial charge in [0.25, 0.3) is 0 Å². The Balaban J connectivity index is 3.02. The van der Waals surface area contributed by atoms with Crippen molar-refractivity contribution in [3.63, 3.8) is 0 Å². The number of hydrogen-bond acceptors (Lipinski definition) is 5. The van der Waals surface area contributed by atoms with E-state index < -0.39 is 0 Å². The Labute approximate surface area is 88.7 Å². The van der Waals surface area contributed by atoms with Crippen LogP contribution in [0.25, 0.3) is 0 Å². The highest BCUT2D eigenvalue weighted by Crippen LogP contribution is 2.35. The van der Waals surface area contributed by atoms with Gasteiger partial charge in [0.05, 0.1) is 12.0 Å². The molecule has 1 aromatic rings. The molecule has 0 bridgehead atoms. The van der Waals surface area contributed by atoms with E-state index in [2.05, 4.69) is 11.9 Å². The predicted octanol–water partition coefficient (Wildman–Crippen LogP) is 1.28. The molecule has 5 heteroatoms. The van der Waals surface area contributed by atoms with Gasteiger partial charge in [0.1, 0.15) is 0 Å². The van der Waals surface area contributed by atoms with Gasteiger partial charge < -0.3 is 15.4 Å². The van der Waals surface area contributed by atoms with Gasteiger partial charge in [-0.1, -0.05) is 18.3 Å². The summed E-state index contributed by atoms with van der Waals surface area (Å²) in [5.74, 6) is 1.01. The number of methoxy groups -OCH3 is 1. The Morgan fingerprint density at radius 1 is 1.57 bits per heavy atom. The number of rotatable bonds is 4. The Morgan fingerprint density at radius 3 is 2.64 bits per heavy atom. The molecule has 0 aromatic carbocycles. The minimum Gasteiger partial charge on any atom is -0.480 e. The van der Waals surface area contributed by atoms with E-state index in [9.17, 15) is 0 Å².